The van der Waals surface area contributed by atoms with E-state index in [0.29, 0.717) is 0 Å². The van der Waals surface area contributed by atoms with Crippen molar-refractivity contribution < 1.29 is 0 Å². The second-order valence-electron chi connectivity index (χ2n) is 7.73. The van der Waals surface area contributed by atoms with Crippen LogP contribution in [0.15, 0.2) is 22.8 Å². The zero-order chi connectivity index (χ0) is 19.7. The number of likely N-dealkylation sites (N-methyl/N-ethyl adjacent to an activating group) is 1. The zero-order valence-corrected chi connectivity index (χ0v) is 18.5. The van der Waals surface area contributed by atoms with Gasteiger partial charge in [0.15, 0.2) is 0 Å². The molecule has 7 nitrogen and oxygen atoms in total. The number of nitrogens with zero attached hydrogens (tertiary/aromatic N) is 7. The number of halogens is 1. The van der Waals surface area contributed by atoms with Crippen molar-refractivity contribution in [2.24, 2.45) is 0 Å². The van der Waals surface area contributed by atoms with Crippen molar-refractivity contribution >= 4 is 33.5 Å². The quantitative estimate of drug-likeness (QED) is 0.718. The molecule has 28 heavy (non-hydrogen) atoms. The number of piperazine rings is 2. The van der Waals surface area contributed by atoms with Crippen LogP contribution in [0, 0.1) is 13.8 Å². The molecular weight excluding hydrogens is 418 g/mol. The molecule has 2 aromatic rings. The first-order valence-electron chi connectivity index (χ1n) is 9.91. The van der Waals surface area contributed by atoms with Crippen LogP contribution in [0.2, 0.25) is 0 Å². The first kappa shape index (κ1) is 19.4. The van der Waals surface area contributed by atoms with E-state index in [4.69, 9.17) is 9.97 Å². The summed E-state index contributed by atoms with van der Waals surface area (Å²) in [6.45, 7) is 12.1. The molecule has 0 N–H and O–H groups in total. The van der Waals surface area contributed by atoms with Gasteiger partial charge in [-0.25, -0.2) is 9.97 Å². The van der Waals surface area contributed by atoms with E-state index in [1.165, 1.54) is 5.56 Å². The topological polar surface area (TPSA) is 51.6 Å². The molecule has 2 aliphatic heterocycles. The predicted octanol–water partition coefficient (Wildman–Crippen LogP) is 2.33. The van der Waals surface area contributed by atoms with Crippen LogP contribution in [0.5, 0.6) is 0 Å². The molecule has 4 rings (SSSR count). The van der Waals surface area contributed by atoms with E-state index in [-0.39, 0.29) is 0 Å². The molecule has 2 fully saturated rings. The molecule has 0 atom stereocenters. The number of anilines is 3. The van der Waals surface area contributed by atoms with Gasteiger partial charge < -0.3 is 19.6 Å². The first-order chi connectivity index (χ1) is 13.5. The summed E-state index contributed by atoms with van der Waals surface area (Å²) in [6, 6.07) is 4.24. The molecule has 0 aromatic carbocycles. The van der Waals surface area contributed by atoms with E-state index in [9.17, 15) is 0 Å². The van der Waals surface area contributed by atoms with Gasteiger partial charge in [-0.1, -0.05) is 0 Å². The van der Waals surface area contributed by atoms with Crippen LogP contribution in [0.3, 0.4) is 0 Å². The number of pyridine rings is 1. The largest absolute Gasteiger partial charge is 0.354 e. The Labute approximate surface area is 175 Å². The minimum absolute atomic E-state index is 0.856. The van der Waals surface area contributed by atoms with Crippen molar-refractivity contribution in [3.63, 3.8) is 0 Å². The molecule has 0 bridgehead atoms. The average Bonchev–Trinajstić information content (AvgIpc) is 2.68. The number of aryl methyl sites for hydroxylation is 2. The summed E-state index contributed by atoms with van der Waals surface area (Å²) in [6.07, 6.45) is 1.88. The molecule has 150 valence electrons. The summed E-state index contributed by atoms with van der Waals surface area (Å²) in [4.78, 5) is 23.7. The minimum Gasteiger partial charge on any atom is -0.354 e. The molecule has 0 saturated carbocycles. The Kier molecular flexibility index (Phi) is 5.68. The Hall–Kier alpha value is -1.93. The Bertz CT molecular complexity index is 827. The molecule has 4 heterocycles. The lowest BCUT2D eigenvalue weighted by atomic mass is 10.2. The minimum atomic E-state index is 0.856. The lowest BCUT2D eigenvalue weighted by Gasteiger charge is -2.37. The van der Waals surface area contributed by atoms with Gasteiger partial charge in [0.2, 0.25) is 5.95 Å². The fourth-order valence-electron chi connectivity index (χ4n) is 3.86. The van der Waals surface area contributed by atoms with Gasteiger partial charge in [-0.2, -0.15) is 4.98 Å². The van der Waals surface area contributed by atoms with Gasteiger partial charge in [0, 0.05) is 74.8 Å². The van der Waals surface area contributed by atoms with Crippen molar-refractivity contribution in [1.82, 2.24) is 19.9 Å². The summed E-state index contributed by atoms with van der Waals surface area (Å²) >= 11 is 3.50. The van der Waals surface area contributed by atoms with Gasteiger partial charge in [-0.15, -0.1) is 0 Å². The normalized spacial score (nSPS) is 18.6. The molecule has 8 heteroatoms. The fraction of sp³-hybridized carbons (Fsp3) is 0.550. The summed E-state index contributed by atoms with van der Waals surface area (Å²) in [5.74, 6) is 2.99. The molecule has 2 aliphatic rings. The second-order valence-corrected chi connectivity index (χ2v) is 8.64. The van der Waals surface area contributed by atoms with Gasteiger partial charge in [0.05, 0.1) is 0 Å². The lowest BCUT2D eigenvalue weighted by molar-refractivity contribution is 0.312. The highest BCUT2D eigenvalue weighted by molar-refractivity contribution is 9.10. The predicted molar refractivity (Wildman–Crippen MR) is 118 cm³/mol. The SMILES string of the molecule is Cc1cc(N2CCN(C)CC2)nc(N2CCN(c3ncc(Br)cc3C)CC2)n1. The van der Waals surface area contributed by atoms with Crippen molar-refractivity contribution in [3.05, 3.63) is 34.1 Å². The highest BCUT2D eigenvalue weighted by atomic mass is 79.9. The summed E-state index contributed by atoms with van der Waals surface area (Å²) in [5, 5.41) is 0. The van der Waals surface area contributed by atoms with Gasteiger partial charge in [-0.05, 0) is 48.5 Å². The summed E-state index contributed by atoms with van der Waals surface area (Å²) in [7, 11) is 2.18. The maximum atomic E-state index is 4.91. The van der Waals surface area contributed by atoms with Crippen LogP contribution in [-0.2, 0) is 0 Å². The lowest BCUT2D eigenvalue weighted by Crippen LogP contribution is -2.48. The first-order valence-corrected chi connectivity index (χ1v) is 10.7. The van der Waals surface area contributed by atoms with Gasteiger partial charge in [-0.3, -0.25) is 0 Å². The van der Waals surface area contributed by atoms with Crippen LogP contribution in [0.1, 0.15) is 11.3 Å². The Morgan fingerprint density at radius 1 is 0.821 bits per heavy atom. The molecule has 0 aliphatic carbocycles. The van der Waals surface area contributed by atoms with E-state index in [1.54, 1.807) is 0 Å². The summed E-state index contributed by atoms with van der Waals surface area (Å²) in [5.41, 5.74) is 2.23. The Morgan fingerprint density at radius 3 is 2.14 bits per heavy atom. The number of rotatable bonds is 3. The number of aromatic nitrogens is 3. The van der Waals surface area contributed by atoms with Gasteiger partial charge in [0.25, 0.3) is 0 Å². The van der Waals surface area contributed by atoms with Crippen molar-refractivity contribution in [2.45, 2.75) is 13.8 Å². The van der Waals surface area contributed by atoms with Crippen LogP contribution in [0.25, 0.3) is 0 Å². The summed E-state index contributed by atoms with van der Waals surface area (Å²) < 4.78 is 1.02. The van der Waals surface area contributed by atoms with Crippen LogP contribution >= 0.6 is 15.9 Å². The monoisotopic (exact) mass is 445 g/mol. The third-order valence-electron chi connectivity index (χ3n) is 5.54. The molecule has 0 spiro atoms. The van der Waals surface area contributed by atoms with E-state index < -0.39 is 0 Å². The highest BCUT2D eigenvalue weighted by Gasteiger charge is 2.23. The Balaban J connectivity index is 1.45. The maximum absolute atomic E-state index is 4.91. The maximum Gasteiger partial charge on any atom is 0.227 e. The van der Waals surface area contributed by atoms with Crippen molar-refractivity contribution in [1.29, 1.82) is 0 Å². The van der Waals surface area contributed by atoms with Gasteiger partial charge in [0.1, 0.15) is 11.6 Å². The smallest absolute Gasteiger partial charge is 0.227 e. The fourth-order valence-corrected chi connectivity index (χ4v) is 4.30. The third-order valence-corrected chi connectivity index (χ3v) is 5.97. The Morgan fingerprint density at radius 2 is 1.46 bits per heavy atom. The van der Waals surface area contributed by atoms with Gasteiger partial charge >= 0.3 is 0 Å². The average molecular weight is 446 g/mol. The molecule has 0 unspecified atom stereocenters. The highest BCUT2D eigenvalue weighted by Crippen LogP contribution is 2.24. The second kappa shape index (κ2) is 8.21. The molecule has 0 radical (unpaired) electrons. The van der Waals surface area contributed by atoms with E-state index in [1.807, 2.05) is 6.20 Å². The van der Waals surface area contributed by atoms with Crippen LogP contribution < -0.4 is 14.7 Å². The zero-order valence-electron chi connectivity index (χ0n) is 16.9. The van der Waals surface area contributed by atoms with E-state index >= 15 is 0 Å². The number of hydrogen-bond donors (Lipinski definition) is 0. The van der Waals surface area contributed by atoms with Crippen molar-refractivity contribution in [2.75, 3.05) is 74.1 Å². The standard InChI is InChI=1S/C20H28BrN7/c1-15-12-17(21)14-22-19(15)27-8-10-28(11-9-27)20-23-16(2)13-18(24-20)26-6-4-25(3)5-7-26/h12-14H,4-11H2,1-3H3. The van der Waals surface area contributed by atoms with E-state index in [2.05, 4.69) is 73.5 Å². The van der Waals surface area contributed by atoms with Crippen molar-refractivity contribution in [3.8, 4) is 0 Å². The third kappa shape index (κ3) is 4.22. The van der Waals surface area contributed by atoms with Crippen LogP contribution in [0.4, 0.5) is 17.6 Å². The molecular formula is C20H28BrN7. The molecule has 0 amide bonds. The van der Waals surface area contributed by atoms with Crippen LogP contribution in [-0.4, -0.2) is 79.3 Å². The number of hydrogen-bond acceptors (Lipinski definition) is 7. The molecule has 2 saturated heterocycles. The molecule has 2 aromatic heterocycles. The van der Waals surface area contributed by atoms with E-state index in [0.717, 1.165) is 80.1 Å².